The number of aliphatic hydroxyl groups excluding tert-OH is 1. The number of anilines is 1. The Morgan fingerprint density at radius 1 is 1.50 bits per heavy atom. The highest BCUT2D eigenvalue weighted by Gasteiger charge is 2.23. The average molecular weight is 294 g/mol. The van der Waals surface area contributed by atoms with Crippen LogP contribution in [-0.4, -0.2) is 47.9 Å². The summed E-state index contributed by atoms with van der Waals surface area (Å²) in [5, 5.41) is 12.2. The highest BCUT2D eigenvalue weighted by Crippen LogP contribution is 2.24. The van der Waals surface area contributed by atoms with Crippen LogP contribution in [0.2, 0.25) is 0 Å². The van der Waals surface area contributed by atoms with Gasteiger partial charge in [0, 0.05) is 23.9 Å². The van der Waals surface area contributed by atoms with Crippen LogP contribution in [-0.2, 0) is 4.79 Å². The quantitative estimate of drug-likeness (QED) is 0.790. The summed E-state index contributed by atoms with van der Waals surface area (Å²) in [6, 6.07) is 8.06. The number of para-hydroxylation sites is 1. The van der Waals surface area contributed by atoms with Crippen molar-refractivity contribution in [3.63, 3.8) is 0 Å². The van der Waals surface area contributed by atoms with Gasteiger partial charge in [-0.25, -0.2) is 0 Å². The molecule has 110 valence electrons. The molecule has 0 unspecified atom stereocenters. The van der Waals surface area contributed by atoms with Gasteiger partial charge in [0.2, 0.25) is 5.91 Å². The number of aliphatic hydroxyl groups is 1. The molecule has 5 heteroatoms. The van der Waals surface area contributed by atoms with Gasteiger partial charge in [0.1, 0.15) is 0 Å². The molecule has 1 aliphatic rings. The number of carbonyl (C=O) groups excluding carboxylic acids is 1. The number of nitrogens with one attached hydrogen (secondary N) is 1. The van der Waals surface area contributed by atoms with Gasteiger partial charge in [-0.1, -0.05) is 12.1 Å². The minimum absolute atomic E-state index is 0.0371. The van der Waals surface area contributed by atoms with Crippen LogP contribution >= 0.6 is 11.8 Å². The third kappa shape index (κ3) is 3.98. The van der Waals surface area contributed by atoms with E-state index in [1.165, 1.54) is 0 Å². The molecule has 0 saturated carbocycles. The lowest BCUT2D eigenvalue weighted by Gasteiger charge is -2.22. The Morgan fingerprint density at radius 3 is 3.05 bits per heavy atom. The fourth-order valence-corrected chi connectivity index (χ4v) is 3.16. The van der Waals surface area contributed by atoms with E-state index in [-0.39, 0.29) is 18.6 Å². The van der Waals surface area contributed by atoms with Gasteiger partial charge in [0.25, 0.3) is 0 Å². The average Bonchev–Trinajstić information content (AvgIpc) is 2.93. The maximum atomic E-state index is 12.0. The van der Waals surface area contributed by atoms with Crippen molar-refractivity contribution in [3.05, 3.63) is 24.3 Å². The van der Waals surface area contributed by atoms with E-state index >= 15 is 0 Å². The second kappa shape index (κ2) is 7.67. The molecule has 1 aliphatic heterocycles. The number of amides is 1. The minimum atomic E-state index is 0.0371. The lowest BCUT2D eigenvalue weighted by molar-refractivity contribution is -0.116. The first-order chi connectivity index (χ1) is 9.74. The Bertz CT molecular complexity index is 453. The number of thioether (sulfide) groups is 1. The van der Waals surface area contributed by atoms with E-state index in [4.69, 9.17) is 0 Å². The Balaban J connectivity index is 1.83. The molecule has 1 heterocycles. The van der Waals surface area contributed by atoms with E-state index in [1.54, 1.807) is 11.8 Å². The van der Waals surface area contributed by atoms with Gasteiger partial charge in [-0.2, -0.15) is 0 Å². The van der Waals surface area contributed by atoms with Gasteiger partial charge in [-0.05, 0) is 37.8 Å². The van der Waals surface area contributed by atoms with Crippen LogP contribution in [0.1, 0.15) is 19.3 Å². The van der Waals surface area contributed by atoms with E-state index in [0.29, 0.717) is 6.42 Å². The standard InChI is InChI=1S/C15H22N2O2S/c1-20-14-7-3-2-6-13(14)16-15(19)8-10-17-9-4-5-12(17)11-18/h2-3,6-7,12,18H,4-5,8-11H2,1H3,(H,16,19)/t12-/m0/s1. The van der Waals surface area contributed by atoms with Crippen LogP contribution in [0.15, 0.2) is 29.2 Å². The van der Waals surface area contributed by atoms with Gasteiger partial charge in [0.05, 0.1) is 12.3 Å². The smallest absolute Gasteiger partial charge is 0.225 e. The Morgan fingerprint density at radius 2 is 2.30 bits per heavy atom. The molecule has 1 atom stereocenters. The van der Waals surface area contributed by atoms with E-state index in [0.717, 1.165) is 36.5 Å². The number of carbonyl (C=O) groups is 1. The maximum absolute atomic E-state index is 12.0. The van der Waals surface area contributed by atoms with Crippen LogP contribution in [0.5, 0.6) is 0 Å². The van der Waals surface area contributed by atoms with E-state index in [9.17, 15) is 9.90 Å². The van der Waals surface area contributed by atoms with Crippen molar-refractivity contribution in [1.82, 2.24) is 4.90 Å². The summed E-state index contributed by atoms with van der Waals surface area (Å²) in [4.78, 5) is 15.3. The highest BCUT2D eigenvalue weighted by molar-refractivity contribution is 7.98. The summed E-state index contributed by atoms with van der Waals surface area (Å²) in [6.07, 6.45) is 4.62. The molecular formula is C15H22N2O2S. The zero-order chi connectivity index (χ0) is 14.4. The molecule has 4 nitrogen and oxygen atoms in total. The van der Waals surface area contributed by atoms with E-state index in [1.807, 2.05) is 30.5 Å². The predicted octanol–water partition coefficient (Wildman–Crippen LogP) is 2.19. The van der Waals surface area contributed by atoms with Crippen LogP contribution in [0.4, 0.5) is 5.69 Å². The molecule has 2 N–H and O–H groups in total. The molecule has 0 radical (unpaired) electrons. The monoisotopic (exact) mass is 294 g/mol. The minimum Gasteiger partial charge on any atom is -0.395 e. The molecule has 0 aromatic heterocycles. The molecule has 0 aliphatic carbocycles. The first-order valence-corrected chi connectivity index (χ1v) is 8.25. The van der Waals surface area contributed by atoms with Crippen molar-refractivity contribution in [2.75, 3.05) is 31.3 Å². The lowest BCUT2D eigenvalue weighted by atomic mass is 10.2. The van der Waals surface area contributed by atoms with Gasteiger partial charge in [0.15, 0.2) is 0 Å². The number of rotatable bonds is 6. The molecular weight excluding hydrogens is 272 g/mol. The van der Waals surface area contributed by atoms with Crippen molar-refractivity contribution in [1.29, 1.82) is 0 Å². The molecule has 0 spiro atoms. The van der Waals surface area contributed by atoms with Gasteiger partial charge >= 0.3 is 0 Å². The van der Waals surface area contributed by atoms with Crippen LogP contribution in [0, 0.1) is 0 Å². The topological polar surface area (TPSA) is 52.6 Å². The molecule has 2 rings (SSSR count). The van der Waals surface area contributed by atoms with Crippen LogP contribution in [0.25, 0.3) is 0 Å². The maximum Gasteiger partial charge on any atom is 0.225 e. The molecule has 0 bridgehead atoms. The van der Waals surface area contributed by atoms with Crippen molar-refractivity contribution >= 4 is 23.4 Å². The van der Waals surface area contributed by atoms with Gasteiger partial charge < -0.3 is 10.4 Å². The number of likely N-dealkylation sites (tertiary alicyclic amines) is 1. The predicted molar refractivity (Wildman–Crippen MR) is 83.2 cm³/mol. The second-order valence-electron chi connectivity index (χ2n) is 5.01. The van der Waals surface area contributed by atoms with Crippen molar-refractivity contribution in [2.45, 2.75) is 30.2 Å². The van der Waals surface area contributed by atoms with Gasteiger partial charge in [-0.3, -0.25) is 9.69 Å². The molecule has 1 fully saturated rings. The fourth-order valence-electron chi connectivity index (χ4n) is 2.60. The van der Waals surface area contributed by atoms with E-state index in [2.05, 4.69) is 10.2 Å². The first-order valence-electron chi connectivity index (χ1n) is 7.02. The number of hydrogen-bond acceptors (Lipinski definition) is 4. The highest BCUT2D eigenvalue weighted by atomic mass is 32.2. The van der Waals surface area contributed by atoms with Crippen molar-refractivity contribution in [3.8, 4) is 0 Å². The normalized spacial score (nSPS) is 19.2. The molecule has 1 aromatic rings. The molecule has 1 aromatic carbocycles. The number of nitrogens with zero attached hydrogens (tertiary/aromatic N) is 1. The molecule has 1 amide bonds. The van der Waals surface area contributed by atoms with Gasteiger partial charge in [-0.15, -0.1) is 11.8 Å². The van der Waals surface area contributed by atoms with Crippen molar-refractivity contribution < 1.29 is 9.90 Å². The summed E-state index contributed by atoms with van der Waals surface area (Å²) in [6.45, 7) is 1.90. The third-order valence-corrected chi connectivity index (χ3v) is 4.51. The zero-order valence-electron chi connectivity index (χ0n) is 11.8. The lowest BCUT2D eigenvalue weighted by Crippen LogP contribution is -2.34. The Kier molecular flexibility index (Phi) is 5.88. The summed E-state index contributed by atoms with van der Waals surface area (Å²) in [5.74, 6) is 0.0371. The number of hydrogen-bond donors (Lipinski definition) is 2. The fraction of sp³-hybridized carbons (Fsp3) is 0.533. The summed E-state index contributed by atoms with van der Waals surface area (Å²) < 4.78 is 0. The van der Waals surface area contributed by atoms with Crippen LogP contribution < -0.4 is 5.32 Å². The van der Waals surface area contributed by atoms with Crippen molar-refractivity contribution in [2.24, 2.45) is 0 Å². The second-order valence-corrected chi connectivity index (χ2v) is 5.86. The Labute approximate surface area is 124 Å². The van der Waals surface area contributed by atoms with Crippen LogP contribution in [0.3, 0.4) is 0 Å². The summed E-state index contributed by atoms with van der Waals surface area (Å²) in [5.41, 5.74) is 0.880. The number of benzene rings is 1. The Hall–Kier alpha value is -1.04. The zero-order valence-corrected chi connectivity index (χ0v) is 12.7. The summed E-state index contributed by atoms with van der Waals surface area (Å²) in [7, 11) is 0. The summed E-state index contributed by atoms with van der Waals surface area (Å²) >= 11 is 1.63. The third-order valence-electron chi connectivity index (χ3n) is 3.72. The molecule has 20 heavy (non-hydrogen) atoms. The largest absolute Gasteiger partial charge is 0.395 e. The SMILES string of the molecule is CSc1ccccc1NC(=O)CCN1CCC[C@H]1CO. The van der Waals surface area contributed by atoms with E-state index < -0.39 is 0 Å². The first kappa shape index (κ1) is 15.4. The molecule has 1 saturated heterocycles.